The van der Waals surface area contributed by atoms with Gasteiger partial charge >= 0.3 is 0 Å². The van der Waals surface area contributed by atoms with Gasteiger partial charge in [-0.25, -0.2) is 0 Å². The summed E-state index contributed by atoms with van der Waals surface area (Å²) in [6.45, 7) is 10.8. The van der Waals surface area contributed by atoms with Gasteiger partial charge in [0.15, 0.2) is 5.78 Å². The first kappa shape index (κ1) is 13.9. The van der Waals surface area contributed by atoms with Crippen molar-refractivity contribution < 1.29 is 4.79 Å². The molecule has 0 bridgehead atoms. The Bertz CT molecular complexity index is 382. The van der Waals surface area contributed by atoms with E-state index in [9.17, 15) is 4.79 Å². The quantitative estimate of drug-likeness (QED) is 0.866. The molecule has 2 heteroatoms. The van der Waals surface area contributed by atoms with Crippen molar-refractivity contribution in [2.24, 2.45) is 0 Å². The molecule has 0 spiro atoms. The minimum atomic E-state index is -0.00180. The third kappa shape index (κ3) is 5.64. The van der Waals surface area contributed by atoms with Gasteiger partial charge in [-0.3, -0.25) is 4.79 Å². The Labute approximate surface area is 104 Å². The van der Waals surface area contributed by atoms with E-state index in [0.717, 1.165) is 5.56 Å². The SMILES string of the molecule is Cc1cc(C)cc(CC(=O)CNC(C)(C)C)c1. The first-order chi connectivity index (χ1) is 7.76. The second kappa shape index (κ2) is 5.46. The van der Waals surface area contributed by atoms with Crippen LogP contribution in [0.1, 0.15) is 37.5 Å². The van der Waals surface area contributed by atoms with Gasteiger partial charge in [-0.2, -0.15) is 0 Å². The number of benzene rings is 1. The third-order valence-electron chi connectivity index (χ3n) is 2.50. The Morgan fingerprint density at radius 3 is 2.12 bits per heavy atom. The topological polar surface area (TPSA) is 29.1 Å². The molecule has 1 aromatic rings. The van der Waals surface area contributed by atoms with Crippen LogP contribution in [0.15, 0.2) is 18.2 Å². The van der Waals surface area contributed by atoms with Crippen LogP contribution in [0.25, 0.3) is 0 Å². The summed E-state index contributed by atoms with van der Waals surface area (Å²) >= 11 is 0. The maximum absolute atomic E-state index is 11.8. The number of rotatable bonds is 4. The number of nitrogens with one attached hydrogen (secondary N) is 1. The molecule has 0 saturated heterocycles. The van der Waals surface area contributed by atoms with Crippen LogP contribution in [0.2, 0.25) is 0 Å². The average Bonchev–Trinajstić information content (AvgIpc) is 2.11. The molecule has 0 fully saturated rings. The lowest BCUT2D eigenvalue weighted by Gasteiger charge is -2.19. The van der Waals surface area contributed by atoms with Gasteiger partial charge < -0.3 is 5.32 Å². The first-order valence-electron chi connectivity index (χ1n) is 6.10. The normalized spacial score (nSPS) is 11.6. The molecule has 0 saturated carbocycles. The van der Waals surface area contributed by atoms with E-state index in [1.165, 1.54) is 11.1 Å². The number of Topliss-reactive ketones (excluding diaryl/α,β-unsaturated/α-hetero) is 1. The highest BCUT2D eigenvalue weighted by Crippen LogP contribution is 2.09. The van der Waals surface area contributed by atoms with Crippen LogP contribution in [-0.4, -0.2) is 17.9 Å². The Balaban J connectivity index is 2.56. The zero-order chi connectivity index (χ0) is 13.1. The lowest BCUT2D eigenvalue weighted by molar-refractivity contribution is -0.117. The number of ketones is 1. The monoisotopic (exact) mass is 233 g/mol. The van der Waals surface area contributed by atoms with Crippen molar-refractivity contribution in [2.45, 2.75) is 46.6 Å². The molecule has 0 aliphatic rings. The Morgan fingerprint density at radius 1 is 1.12 bits per heavy atom. The number of carbonyl (C=O) groups excluding carboxylic acids is 1. The molecule has 1 aromatic carbocycles. The van der Waals surface area contributed by atoms with Gasteiger partial charge in [0.05, 0.1) is 6.54 Å². The fourth-order valence-corrected chi connectivity index (χ4v) is 1.82. The van der Waals surface area contributed by atoms with E-state index in [4.69, 9.17) is 0 Å². The van der Waals surface area contributed by atoms with Crippen LogP contribution < -0.4 is 5.32 Å². The second-order valence-electron chi connectivity index (χ2n) is 5.81. The Morgan fingerprint density at radius 2 is 1.65 bits per heavy atom. The predicted molar refractivity (Wildman–Crippen MR) is 72.4 cm³/mol. The average molecular weight is 233 g/mol. The van der Waals surface area contributed by atoms with E-state index >= 15 is 0 Å². The summed E-state index contributed by atoms with van der Waals surface area (Å²) in [5.41, 5.74) is 3.55. The molecule has 2 nitrogen and oxygen atoms in total. The summed E-state index contributed by atoms with van der Waals surface area (Å²) in [6.07, 6.45) is 0.519. The van der Waals surface area contributed by atoms with Crippen molar-refractivity contribution in [3.63, 3.8) is 0 Å². The largest absolute Gasteiger partial charge is 0.305 e. The van der Waals surface area contributed by atoms with E-state index in [1.54, 1.807) is 0 Å². The summed E-state index contributed by atoms with van der Waals surface area (Å²) in [5, 5.41) is 3.22. The van der Waals surface area contributed by atoms with Crippen LogP contribution in [-0.2, 0) is 11.2 Å². The molecule has 1 N–H and O–H groups in total. The van der Waals surface area contributed by atoms with E-state index in [0.29, 0.717) is 13.0 Å². The maximum Gasteiger partial charge on any atom is 0.150 e. The van der Waals surface area contributed by atoms with Gasteiger partial charge in [-0.15, -0.1) is 0 Å². The number of hydrogen-bond donors (Lipinski definition) is 1. The fourth-order valence-electron chi connectivity index (χ4n) is 1.82. The minimum Gasteiger partial charge on any atom is -0.305 e. The van der Waals surface area contributed by atoms with E-state index in [2.05, 4.69) is 58.1 Å². The molecular formula is C15H23NO. The molecule has 0 aliphatic carbocycles. The standard InChI is InChI=1S/C15H23NO/c1-11-6-12(2)8-13(7-11)9-14(17)10-16-15(3,4)5/h6-8,16H,9-10H2,1-5H3. The summed E-state index contributed by atoms with van der Waals surface area (Å²) in [7, 11) is 0. The molecule has 0 aliphatic heterocycles. The summed E-state index contributed by atoms with van der Waals surface area (Å²) in [6, 6.07) is 6.30. The zero-order valence-electron chi connectivity index (χ0n) is 11.6. The summed E-state index contributed by atoms with van der Waals surface area (Å²) in [4.78, 5) is 11.8. The van der Waals surface area contributed by atoms with Gasteiger partial charge in [-0.05, 0) is 40.2 Å². The lowest BCUT2D eigenvalue weighted by Crippen LogP contribution is -2.39. The lowest BCUT2D eigenvalue weighted by atomic mass is 10.0. The van der Waals surface area contributed by atoms with Crippen molar-refractivity contribution in [1.82, 2.24) is 5.32 Å². The van der Waals surface area contributed by atoms with Crippen LogP contribution in [0.3, 0.4) is 0 Å². The minimum absolute atomic E-state index is 0.00180. The van der Waals surface area contributed by atoms with Crippen molar-refractivity contribution in [2.75, 3.05) is 6.54 Å². The predicted octanol–water partition coefficient (Wildman–Crippen LogP) is 2.80. The Kier molecular flexibility index (Phi) is 4.47. The van der Waals surface area contributed by atoms with Crippen LogP contribution in [0, 0.1) is 13.8 Å². The smallest absolute Gasteiger partial charge is 0.150 e. The third-order valence-corrected chi connectivity index (χ3v) is 2.50. The molecule has 1 rings (SSSR count). The highest BCUT2D eigenvalue weighted by molar-refractivity contribution is 5.82. The summed E-state index contributed by atoms with van der Waals surface area (Å²) < 4.78 is 0. The van der Waals surface area contributed by atoms with Gasteiger partial charge in [0.25, 0.3) is 0 Å². The maximum atomic E-state index is 11.8. The van der Waals surface area contributed by atoms with Gasteiger partial charge in [-0.1, -0.05) is 29.3 Å². The number of carbonyl (C=O) groups is 1. The van der Waals surface area contributed by atoms with Crippen molar-refractivity contribution in [1.29, 1.82) is 0 Å². The van der Waals surface area contributed by atoms with Crippen LogP contribution >= 0.6 is 0 Å². The first-order valence-corrected chi connectivity index (χ1v) is 6.10. The van der Waals surface area contributed by atoms with Crippen LogP contribution in [0.5, 0.6) is 0 Å². The number of aryl methyl sites for hydroxylation is 2. The summed E-state index contributed by atoms with van der Waals surface area (Å²) in [5.74, 6) is 0.241. The molecule has 0 atom stereocenters. The highest BCUT2D eigenvalue weighted by Gasteiger charge is 2.11. The van der Waals surface area contributed by atoms with Gasteiger partial charge in [0.2, 0.25) is 0 Å². The molecular weight excluding hydrogens is 210 g/mol. The van der Waals surface area contributed by atoms with Crippen molar-refractivity contribution >= 4 is 5.78 Å². The van der Waals surface area contributed by atoms with Gasteiger partial charge in [0.1, 0.15) is 0 Å². The second-order valence-corrected chi connectivity index (χ2v) is 5.81. The zero-order valence-corrected chi connectivity index (χ0v) is 11.6. The van der Waals surface area contributed by atoms with E-state index < -0.39 is 0 Å². The Hall–Kier alpha value is -1.15. The molecule has 0 aromatic heterocycles. The highest BCUT2D eigenvalue weighted by atomic mass is 16.1. The number of hydrogen-bond acceptors (Lipinski definition) is 2. The van der Waals surface area contributed by atoms with E-state index in [1.807, 2.05) is 0 Å². The van der Waals surface area contributed by atoms with Crippen molar-refractivity contribution in [3.05, 3.63) is 34.9 Å². The molecule has 17 heavy (non-hydrogen) atoms. The molecule has 0 heterocycles. The van der Waals surface area contributed by atoms with E-state index in [-0.39, 0.29) is 11.3 Å². The van der Waals surface area contributed by atoms with Gasteiger partial charge in [0, 0.05) is 12.0 Å². The molecule has 0 amide bonds. The van der Waals surface area contributed by atoms with Crippen molar-refractivity contribution in [3.8, 4) is 0 Å². The molecule has 94 valence electrons. The van der Waals surface area contributed by atoms with Crippen LogP contribution in [0.4, 0.5) is 0 Å². The molecule has 0 unspecified atom stereocenters. The molecule has 0 radical (unpaired) electrons. The fraction of sp³-hybridized carbons (Fsp3) is 0.533.